The molecule has 106 valence electrons. The third-order valence-electron chi connectivity index (χ3n) is 4.13. The zero-order valence-corrected chi connectivity index (χ0v) is 12.3. The molecule has 0 aromatic heterocycles. The summed E-state index contributed by atoms with van der Waals surface area (Å²) in [4.78, 5) is 2.60. The van der Waals surface area contributed by atoms with Crippen molar-refractivity contribution in [3.8, 4) is 0 Å². The number of hydrogen-bond donors (Lipinski definition) is 1. The van der Waals surface area contributed by atoms with Crippen LogP contribution in [0.25, 0.3) is 0 Å². The van der Waals surface area contributed by atoms with Gasteiger partial charge in [0.05, 0.1) is 0 Å². The first-order chi connectivity index (χ1) is 9.38. The van der Waals surface area contributed by atoms with Gasteiger partial charge in [-0.3, -0.25) is 0 Å². The molecule has 0 bridgehead atoms. The van der Waals surface area contributed by atoms with E-state index >= 15 is 0 Å². The van der Waals surface area contributed by atoms with Gasteiger partial charge in [-0.1, -0.05) is 43.7 Å². The van der Waals surface area contributed by atoms with Gasteiger partial charge in [0, 0.05) is 19.1 Å². The molecule has 2 heteroatoms. The number of nitrogens with zero attached hydrogens (tertiary/aromatic N) is 1. The Morgan fingerprint density at radius 1 is 1.11 bits per heavy atom. The number of likely N-dealkylation sites (tertiary alicyclic amines) is 1. The summed E-state index contributed by atoms with van der Waals surface area (Å²) >= 11 is 0. The van der Waals surface area contributed by atoms with Crippen LogP contribution < -0.4 is 5.32 Å². The van der Waals surface area contributed by atoms with Gasteiger partial charge >= 0.3 is 0 Å². The molecule has 1 aromatic carbocycles. The molecule has 1 aliphatic rings. The van der Waals surface area contributed by atoms with E-state index in [0.717, 1.165) is 13.0 Å². The van der Waals surface area contributed by atoms with Crippen LogP contribution in [0.15, 0.2) is 30.3 Å². The summed E-state index contributed by atoms with van der Waals surface area (Å²) < 4.78 is 0. The second-order valence-corrected chi connectivity index (χ2v) is 5.65. The Balaban J connectivity index is 1.67. The zero-order valence-electron chi connectivity index (χ0n) is 12.3. The van der Waals surface area contributed by atoms with E-state index in [-0.39, 0.29) is 0 Å². The fraction of sp³-hybridized carbons (Fsp3) is 0.647. The van der Waals surface area contributed by atoms with Crippen LogP contribution in [0.5, 0.6) is 0 Å². The van der Waals surface area contributed by atoms with E-state index in [2.05, 4.69) is 47.5 Å². The van der Waals surface area contributed by atoms with E-state index in [1.54, 1.807) is 0 Å². The van der Waals surface area contributed by atoms with E-state index in [4.69, 9.17) is 0 Å². The average molecular weight is 260 g/mol. The average Bonchev–Trinajstić information content (AvgIpc) is 2.48. The molecule has 1 aliphatic heterocycles. The summed E-state index contributed by atoms with van der Waals surface area (Å²) in [5.74, 6) is 0. The SMILES string of the molecule is CCC(Cc1ccccc1)NCCN1CCCCC1. The first-order valence-corrected chi connectivity index (χ1v) is 7.88. The molecule has 1 aromatic rings. The van der Waals surface area contributed by atoms with Gasteiger partial charge in [0.15, 0.2) is 0 Å². The minimum atomic E-state index is 0.618. The molecule has 0 amide bonds. The predicted molar refractivity (Wildman–Crippen MR) is 82.5 cm³/mol. The second-order valence-electron chi connectivity index (χ2n) is 5.65. The molecular formula is C17H28N2. The van der Waals surface area contributed by atoms with Gasteiger partial charge in [0.25, 0.3) is 0 Å². The van der Waals surface area contributed by atoms with E-state index < -0.39 is 0 Å². The normalized spacial score (nSPS) is 18.4. The highest BCUT2D eigenvalue weighted by atomic mass is 15.1. The van der Waals surface area contributed by atoms with E-state index in [9.17, 15) is 0 Å². The maximum atomic E-state index is 3.72. The van der Waals surface area contributed by atoms with Gasteiger partial charge < -0.3 is 10.2 Å². The molecule has 0 spiro atoms. The lowest BCUT2D eigenvalue weighted by Crippen LogP contribution is -2.39. The molecule has 19 heavy (non-hydrogen) atoms. The molecule has 1 saturated heterocycles. The molecule has 2 rings (SSSR count). The first kappa shape index (κ1) is 14.5. The molecule has 1 N–H and O–H groups in total. The topological polar surface area (TPSA) is 15.3 Å². The van der Waals surface area contributed by atoms with Gasteiger partial charge in [-0.15, -0.1) is 0 Å². The number of rotatable bonds is 7. The van der Waals surface area contributed by atoms with Crippen LogP contribution in [0.1, 0.15) is 38.2 Å². The van der Waals surface area contributed by atoms with E-state index in [0.29, 0.717) is 6.04 Å². The fourth-order valence-electron chi connectivity index (χ4n) is 2.87. The summed E-state index contributed by atoms with van der Waals surface area (Å²) in [7, 11) is 0. The van der Waals surface area contributed by atoms with Gasteiger partial charge in [-0.25, -0.2) is 0 Å². The largest absolute Gasteiger partial charge is 0.312 e. The highest BCUT2D eigenvalue weighted by molar-refractivity contribution is 5.15. The van der Waals surface area contributed by atoms with Crippen molar-refractivity contribution in [2.45, 2.75) is 45.1 Å². The summed E-state index contributed by atoms with van der Waals surface area (Å²) in [5.41, 5.74) is 1.44. The van der Waals surface area contributed by atoms with Crippen molar-refractivity contribution < 1.29 is 0 Å². The van der Waals surface area contributed by atoms with Crippen molar-refractivity contribution in [2.75, 3.05) is 26.2 Å². The Labute approximate surface area is 118 Å². The van der Waals surface area contributed by atoms with Crippen molar-refractivity contribution in [3.05, 3.63) is 35.9 Å². The standard InChI is InChI=1S/C17H28N2/c1-2-17(15-16-9-5-3-6-10-16)18-11-14-19-12-7-4-8-13-19/h3,5-6,9-10,17-18H,2,4,7-8,11-15H2,1H3. The Bertz CT molecular complexity index is 330. The summed E-state index contributed by atoms with van der Waals surface area (Å²) in [6.07, 6.45) is 6.56. The Hall–Kier alpha value is -0.860. The summed E-state index contributed by atoms with van der Waals surface area (Å²) in [6, 6.07) is 11.4. The minimum absolute atomic E-state index is 0.618. The quantitative estimate of drug-likeness (QED) is 0.810. The van der Waals surface area contributed by atoms with Crippen LogP contribution in [0.2, 0.25) is 0 Å². The van der Waals surface area contributed by atoms with Crippen molar-refractivity contribution in [2.24, 2.45) is 0 Å². The molecule has 1 unspecified atom stereocenters. The smallest absolute Gasteiger partial charge is 0.0107 e. The minimum Gasteiger partial charge on any atom is -0.312 e. The Morgan fingerprint density at radius 2 is 1.84 bits per heavy atom. The summed E-state index contributed by atoms with van der Waals surface area (Å²) in [5, 5.41) is 3.72. The highest BCUT2D eigenvalue weighted by Crippen LogP contribution is 2.08. The molecule has 0 saturated carbocycles. The Morgan fingerprint density at radius 3 is 2.53 bits per heavy atom. The first-order valence-electron chi connectivity index (χ1n) is 7.88. The van der Waals surface area contributed by atoms with Crippen LogP contribution in [0, 0.1) is 0 Å². The van der Waals surface area contributed by atoms with Gasteiger partial charge in [0.1, 0.15) is 0 Å². The van der Waals surface area contributed by atoms with Crippen molar-refractivity contribution in [1.82, 2.24) is 10.2 Å². The molecule has 0 aliphatic carbocycles. The molecule has 1 heterocycles. The Kier molecular flexibility index (Phi) is 6.38. The third-order valence-corrected chi connectivity index (χ3v) is 4.13. The van der Waals surface area contributed by atoms with Crippen molar-refractivity contribution >= 4 is 0 Å². The highest BCUT2D eigenvalue weighted by Gasteiger charge is 2.11. The van der Waals surface area contributed by atoms with Crippen LogP contribution in [0.3, 0.4) is 0 Å². The van der Waals surface area contributed by atoms with Crippen LogP contribution in [-0.2, 0) is 6.42 Å². The van der Waals surface area contributed by atoms with Crippen LogP contribution in [0.4, 0.5) is 0 Å². The van der Waals surface area contributed by atoms with Gasteiger partial charge in [0.2, 0.25) is 0 Å². The zero-order chi connectivity index (χ0) is 13.3. The lowest BCUT2D eigenvalue weighted by atomic mass is 10.0. The molecule has 1 atom stereocenters. The van der Waals surface area contributed by atoms with E-state index in [1.807, 2.05) is 0 Å². The maximum absolute atomic E-state index is 3.72. The number of hydrogen-bond acceptors (Lipinski definition) is 2. The number of benzene rings is 1. The lowest BCUT2D eigenvalue weighted by molar-refractivity contribution is 0.225. The molecular weight excluding hydrogens is 232 g/mol. The third kappa shape index (κ3) is 5.33. The fourth-order valence-corrected chi connectivity index (χ4v) is 2.87. The van der Waals surface area contributed by atoms with Crippen molar-refractivity contribution in [3.63, 3.8) is 0 Å². The van der Waals surface area contributed by atoms with E-state index in [1.165, 1.54) is 50.9 Å². The predicted octanol–water partition coefficient (Wildman–Crippen LogP) is 3.08. The summed E-state index contributed by atoms with van der Waals surface area (Å²) in [6.45, 7) is 7.23. The molecule has 1 fully saturated rings. The monoisotopic (exact) mass is 260 g/mol. The van der Waals surface area contributed by atoms with Crippen LogP contribution >= 0.6 is 0 Å². The number of nitrogens with one attached hydrogen (secondary N) is 1. The number of piperidine rings is 1. The second kappa shape index (κ2) is 8.34. The maximum Gasteiger partial charge on any atom is 0.0107 e. The lowest BCUT2D eigenvalue weighted by Gasteiger charge is -2.27. The van der Waals surface area contributed by atoms with Crippen molar-refractivity contribution in [1.29, 1.82) is 0 Å². The van der Waals surface area contributed by atoms with Crippen LogP contribution in [-0.4, -0.2) is 37.1 Å². The van der Waals surface area contributed by atoms with Gasteiger partial charge in [-0.05, 0) is 44.3 Å². The molecule has 0 radical (unpaired) electrons. The molecule has 2 nitrogen and oxygen atoms in total. The van der Waals surface area contributed by atoms with Gasteiger partial charge in [-0.2, -0.15) is 0 Å².